The number of ether oxygens (including phenoxy) is 2. The van der Waals surface area contributed by atoms with E-state index in [4.69, 9.17) is 9.47 Å². The summed E-state index contributed by atoms with van der Waals surface area (Å²) in [5.41, 5.74) is 1.81. The molecule has 1 heterocycles. The summed E-state index contributed by atoms with van der Waals surface area (Å²) in [4.78, 5) is 28.4. The van der Waals surface area contributed by atoms with Crippen LogP contribution in [-0.2, 0) is 9.59 Å². The fourth-order valence-electron chi connectivity index (χ4n) is 4.93. The van der Waals surface area contributed by atoms with E-state index in [0.717, 1.165) is 16.3 Å². The number of hydrogen-bond acceptors (Lipinski definition) is 6. The number of nitrogens with zero attached hydrogens (tertiary/aromatic N) is 1. The van der Waals surface area contributed by atoms with Gasteiger partial charge in [0.05, 0.1) is 31.0 Å². The molecule has 1 fully saturated rings. The summed E-state index contributed by atoms with van der Waals surface area (Å²) in [5, 5.41) is 24.0. The summed E-state index contributed by atoms with van der Waals surface area (Å²) in [5.74, 6) is -1.25. The van der Waals surface area contributed by atoms with Crippen molar-refractivity contribution in [2.75, 3.05) is 18.6 Å². The van der Waals surface area contributed by atoms with Crippen LogP contribution in [0.4, 0.5) is 5.69 Å². The van der Waals surface area contributed by atoms with Crippen molar-refractivity contribution in [2.24, 2.45) is 0 Å². The maximum absolute atomic E-state index is 13.6. The molecule has 192 valence electrons. The van der Waals surface area contributed by atoms with Crippen LogP contribution in [0, 0.1) is 6.92 Å². The van der Waals surface area contributed by atoms with Crippen molar-refractivity contribution in [1.29, 1.82) is 0 Å². The lowest BCUT2D eigenvalue weighted by Crippen LogP contribution is -2.29. The summed E-state index contributed by atoms with van der Waals surface area (Å²) >= 11 is 0. The molecule has 1 unspecified atom stereocenters. The van der Waals surface area contributed by atoms with E-state index >= 15 is 0 Å². The highest BCUT2D eigenvalue weighted by atomic mass is 16.5. The minimum Gasteiger partial charge on any atom is -0.507 e. The quantitative estimate of drug-likeness (QED) is 0.191. The monoisotopic (exact) mass is 509 g/mol. The minimum absolute atomic E-state index is 0.0834. The number of phenols is 1. The number of benzene rings is 4. The van der Waals surface area contributed by atoms with Gasteiger partial charge in [0.1, 0.15) is 11.5 Å². The van der Waals surface area contributed by atoms with Crippen molar-refractivity contribution in [3.63, 3.8) is 0 Å². The number of anilines is 1. The normalized spacial score (nSPS) is 16.7. The topological polar surface area (TPSA) is 96.3 Å². The first-order chi connectivity index (χ1) is 18.3. The highest BCUT2D eigenvalue weighted by molar-refractivity contribution is 6.52. The van der Waals surface area contributed by atoms with Gasteiger partial charge in [-0.3, -0.25) is 14.5 Å². The Bertz CT molecular complexity index is 1600. The zero-order valence-corrected chi connectivity index (χ0v) is 21.3. The third kappa shape index (κ3) is 4.12. The molecule has 7 heteroatoms. The van der Waals surface area contributed by atoms with E-state index in [1.165, 1.54) is 18.1 Å². The number of fused-ring (bicyclic) bond motifs is 1. The van der Waals surface area contributed by atoms with Gasteiger partial charge in [-0.15, -0.1) is 0 Å². The Morgan fingerprint density at radius 3 is 2.47 bits per heavy atom. The summed E-state index contributed by atoms with van der Waals surface area (Å²) in [6, 6.07) is 21.8. The summed E-state index contributed by atoms with van der Waals surface area (Å²) < 4.78 is 11.2. The van der Waals surface area contributed by atoms with Crippen LogP contribution < -0.4 is 14.4 Å². The molecule has 4 aromatic rings. The highest BCUT2D eigenvalue weighted by Crippen LogP contribution is 2.46. The number of aliphatic hydroxyl groups is 1. The second-order valence-corrected chi connectivity index (χ2v) is 9.03. The van der Waals surface area contributed by atoms with Crippen molar-refractivity contribution in [1.82, 2.24) is 0 Å². The molecule has 7 nitrogen and oxygen atoms in total. The second kappa shape index (κ2) is 9.94. The Morgan fingerprint density at radius 2 is 1.71 bits per heavy atom. The van der Waals surface area contributed by atoms with Gasteiger partial charge in [-0.05, 0) is 60.0 Å². The Hall–Kier alpha value is -4.78. The first-order valence-corrected chi connectivity index (χ1v) is 12.2. The highest BCUT2D eigenvalue weighted by Gasteiger charge is 2.48. The molecular weight excluding hydrogens is 482 g/mol. The standard InChI is InChI=1S/C31H27NO6/c1-4-38-26-17-20(13-15-25(26)37-3)28-27(29(34)22-11-7-9-19-8-5-6-10-21(19)22)30(35)31(36)32(28)23-16-18(2)12-14-24(23)33/h5-17,28,33-34H,4H2,1-3H3/b29-27+. The van der Waals surface area contributed by atoms with Crippen molar-refractivity contribution in [3.8, 4) is 17.2 Å². The van der Waals surface area contributed by atoms with E-state index in [1.54, 1.807) is 42.5 Å². The smallest absolute Gasteiger partial charge is 0.300 e. The number of carbonyl (C=O) groups excluding carboxylic acids is 2. The number of hydrogen-bond donors (Lipinski definition) is 2. The third-order valence-electron chi connectivity index (χ3n) is 6.68. The molecule has 5 rings (SSSR count). The Kier molecular flexibility index (Phi) is 6.51. The minimum atomic E-state index is -1.04. The van der Waals surface area contributed by atoms with Crippen molar-refractivity contribution < 1.29 is 29.3 Å². The number of Topliss-reactive ketones (excluding diaryl/α,β-unsaturated/α-hetero) is 1. The molecule has 38 heavy (non-hydrogen) atoms. The van der Waals surface area contributed by atoms with Crippen LogP contribution in [0.2, 0.25) is 0 Å². The maximum Gasteiger partial charge on any atom is 0.300 e. The lowest BCUT2D eigenvalue weighted by Gasteiger charge is -2.27. The Morgan fingerprint density at radius 1 is 0.947 bits per heavy atom. The molecule has 1 aliphatic rings. The van der Waals surface area contributed by atoms with Crippen LogP contribution in [0.3, 0.4) is 0 Å². The number of ketones is 1. The molecule has 0 aliphatic carbocycles. The SMILES string of the molecule is CCOc1cc(C2/C(=C(\O)c3cccc4ccccc34)C(=O)C(=O)N2c2cc(C)ccc2O)ccc1OC. The second-order valence-electron chi connectivity index (χ2n) is 9.03. The third-order valence-corrected chi connectivity index (χ3v) is 6.68. The van der Waals surface area contributed by atoms with Gasteiger partial charge in [-0.1, -0.05) is 54.6 Å². The number of rotatable bonds is 6. The number of amides is 1. The maximum atomic E-state index is 13.6. The molecule has 1 saturated heterocycles. The number of aryl methyl sites for hydroxylation is 1. The van der Waals surface area contributed by atoms with Gasteiger partial charge >= 0.3 is 0 Å². The Balaban J connectivity index is 1.81. The van der Waals surface area contributed by atoms with E-state index in [0.29, 0.717) is 29.2 Å². The van der Waals surface area contributed by atoms with Crippen LogP contribution in [0.25, 0.3) is 16.5 Å². The van der Waals surface area contributed by atoms with Crippen LogP contribution in [0.5, 0.6) is 17.2 Å². The van der Waals surface area contributed by atoms with E-state index in [2.05, 4.69) is 0 Å². The molecule has 1 aliphatic heterocycles. The number of aromatic hydroxyl groups is 1. The van der Waals surface area contributed by atoms with E-state index in [9.17, 15) is 19.8 Å². The van der Waals surface area contributed by atoms with Crippen LogP contribution in [0.15, 0.2) is 84.4 Å². The molecule has 0 saturated carbocycles. The van der Waals surface area contributed by atoms with Crippen LogP contribution in [-0.4, -0.2) is 35.6 Å². The zero-order chi connectivity index (χ0) is 27.0. The molecule has 0 radical (unpaired) electrons. The summed E-state index contributed by atoms with van der Waals surface area (Å²) in [6.45, 7) is 4.03. The number of phenolic OH excluding ortho intramolecular Hbond substituents is 1. The largest absolute Gasteiger partial charge is 0.507 e. The van der Waals surface area contributed by atoms with Crippen LogP contribution in [0.1, 0.15) is 29.7 Å². The van der Waals surface area contributed by atoms with E-state index < -0.39 is 17.7 Å². The van der Waals surface area contributed by atoms with Gasteiger partial charge in [0, 0.05) is 5.56 Å². The number of carbonyl (C=O) groups is 2. The van der Waals surface area contributed by atoms with Crippen molar-refractivity contribution >= 4 is 33.9 Å². The van der Waals surface area contributed by atoms with Gasteiger partial charge in [-0.2, -0.15) is 0 Å². The van der Waals surface area contributed by atoms with Gasteiger partial charge in [0.15, 0.2) is 11.5 Å². The molecule has 1 atom stereocenters. The van der Waals surface area contributed by atoms with Crippen molar-refractivity contribution in [3.05, 3.63) is 101 Å². The molecule has 2 N–H and O–H groups in total. The molecule has 0 spiro atoms. The lowest BCUT2D eigenvalue weighted by molar-refractivity contribution is -0.132. The van der Waals surface area contributed by atoms with Crippen molar-refractivity contribution in [2.45, 2.75) is 19.9 Å². The average Bonchev–Trinajstić information content (AvgIpc) is 3.19. The molecular formula is C31H27NO6. The van der Waals surface area contributed by atoms with Crippen LogP contribution >= 0.6 is 0 Å². The van der Waals surface area contributed by atoms with Gasteiger partial charge in [-0.25, -0.2) is 0 Å². The predicted octanol–water partition coefficient (Wildman–Crippen LogP) is 5.89. The fraction of sp³-hybridized carbons (Fsp3) is 0.161. The predicted molar refractivity (Wildman–Crippen MR) is 146 cm³/mol. The van der Waals surface area contributed by atoms with E-state index in [-0.39, 0.29) is 22.8 Å². The fourth-order valence-corrected chi connectivity index (χ4v) is 4.93. The Labute approximate surface area is 220 Å². The summed E-state index contributed by atoms with van der Waals surface area (Å²) in [7, 11) is 1.52. The molecule has 4 aromatic carbocycles. The van der Waals surface area contributed by atoms with Gasteiger partial charge in [0.25, 0.3) is 11.7 Å². The molecule has 0 aromatic heterocycles. The average molecular weight is 510 g/mol. The molecule has 0 bridgehead atoms. The summed E-state index contributed by atoms with van der Waals surface area (Å²) in [6.07, 6.45) is 0. The number of aliphatic hydroxyl groups excluding tert-OH is 1. The van der Waals surface area contributed by atoms with Gasteiger partial charge < -0.3 is 19.7 Å². The van der Waals surface area contributed by atoms with E-state index in [1.807, 2.05) is 44.2 Å². The first-order valence-electron chi connectivity index (χ1n) is 12.2. The lowest BCUT2D eigenvalue weighted by atomic mass is 9.93. The first kappa shape index (κ1) is 24.9. The van der Waals surface area contributed by atoms with Gasteiger partial charge in [0.2, 0.25) is 0 Å². The number of methoxy groups -OCH3 is 1. The molecule has 1 amide bonds. The zero-order valence-electron chi connectivity index (χ0n) is 21.3.